The largest absolute Gasteiger partial charge is 0.383 e. The third kappa shape index (κ3) is 2.28. The molecule has 24 heavy (non-hydrogen) atoms. The van der Waals surface area contributed by atoms with Gasteiger partial charge in [-0.05, 0) is 25.1 Å². The molecule has 9 heteroatoms. The Labute approximate surface area is 141 Å². The fourth-order valence-corrected chi connectivity index (χ4v) is 2.74. The van der Waals surface area contributed by atoms with Gasteiger partial charge in [-0.2, -0.15) is 24.9 Å². The third-order valence-electron chi connectivity index (χ3n) is 3.62. The van der Waals surface area contributed by atoms with Crippen molar-refractivity contribution in [1.82, 2.24) is 9.78 Å². The molecule has 2 N–H and O–H groups in total. The molecule has 0 radical (unpaired) electrons. The van der Waals surface area contributed by atoms with Crippen LogP contribution in [0.1, 0.15) is 5.69 Å². The number of anilines is 2. The van der Waals surface area contributed by atoms with Crippen molar-refractivity contribution in [2.24, 2.45) is 21.0 Å². The number of nitrogen functional groups attached to an aromatic ring is 1. The molecule has 1 atom stereocenters. The zero-order valence-corrected chi connectivity index (χ0v) is 13.3. The molecule has 0 saturated heterocycles. The predicted molar refractivity (Wildman–Crippen MR) is 92.6 cm³/mol. The Kier molecular flexibility index (Phi) is 3.20. The highest BCUT2D eigenvalue weighted by molar-refractivity contribution is 6.32. The summed E-state index contributed by atoms with van der Waals surface area (Å²) in [5.74, 6) is -0.0642. The van der Waals surface area contributed by atoms with Crippen molar-refractivity contribution in [1.29, 1.82) is 0 Å². The Bertz CT molecular complexity index is 943. The van der Waals surface area contributed by atoms with Gasteiger partial charge in [0.05, 0.1) is 11.4 Å². The summed E-state index contributed by atoms with van der Waals surface area (Å²) in [7, 11) is 0. The second kappa shape index (κ2) is 5.27. The third-order valence-corrected chi connectivity index (χ3v) is 3.85. The fraction of sp³-hybridized carbons (Fsp3) is 0.133. The zero-order valence-electron chi connectivity index (χ0n) is 12.6. The number of amidine groups is 1. The molecule has 0 bridgehead atoms. The number of nitrogens with two attached hydrogens (primary N) is 1. The van der Waals surface area contributed by atoms with Crippen LogP contribution in [0, 0.1) is 12.8 Å². The normalized spacial score (nSPS) is 19.3. The second-order valence-electron chi connectivity index (χ2n) is 5.38. The van der Waals surface area contributed by atoms with E-state index >= 15 is 0 Å². The molecule has 2 aliphatic heterocycles. The number of fused-ring (bicyclic) bond motifs is 1. The van der Waals surface area contributed by atoms with E-state index < -0.39 is 5.92 Å². The molecule has 1 aromatic heterocycles. The number of hydrogen-bond acceptors (Lipinski definition) is 6. The molecule has 2 aliphatic rings. The van der Waals surface area contributed by atoms with Gasteiger partial charge in [0.1, 0.15) is 11.7 Å². The lowest BCUT2D eigenvalue weighted by atomic mass is 10.1. The number of carbonyl (C=O) groups excluding carboxylic acids is 1. The molecule has 2 aromatic rings. The zero-order chi connectivity index (χ0) is 16.8. The van der Waals surface area contributed by atoms with Gasteiger partial charge in [-0.1, -0.05) is 17.7 Å². The van der Waals surface area contributed by atoms with E-state index in [9.17, 15) is 4.79 Å². The minimum absolute atomic E-state index is 0.120. The number of aryl methyl sites for hydroxylation is 1. The van der Waals surface area contributed by atoms with E-state index in [1.165, 1.54) is 10.9 Å². The quantitative estimate of drug-likeness (QED) is 0.852. The Hall–Kier alpha value is -3.00. The summed E-state index contributed by atoms with van der Waals surface area (Å²) in [4.78, 5) is 20.8. The number of aliphatic imine (C=N–C) groups is 2. The highest BCUT2D eigenvalue weighted by Gasteiger charge is 2.37. The molecule has 1 amide bonds. The Morgan fingerprint density at radius 2 is 2.08 bits per heavy atom. The molecule has 0 spiro atoms. The van der Waals surface area contributed by atoms with Crippen LogP contribution < -0.4 is 10.7 Å². The number of aromatic nitrogens is 2. The molecular weight excluding hydrogens is 330 g/mol. The molecule has 4 rings (SSSR count). The SMILES string of the molecule is Cc1cc(N)n(C2=NC(=O)C3C=NN(c4cccc(Cl)c4)C3=N2)n1. The van der Waals surface area contributed by atoms with Gasteiger partial charge in [0.2, 0.25) is 0 Å². The Morgan fingerprint density at radius 3 is 2.79 bits per heavy atom. The van der Waals surface area contributed by atoms with Crippen molar-refractivity contribution < 1.29 is 4.79 Å². The summed E-state index contributed by atoms with van der Waals surface area (Å²) in [6.07, 6.45) is 1.51. The standard InChI is InChI=1S/C15H12ClN7O/c1-8-5-12(17)23(21-8)15-19-13-11(14(24)20-15)7-18-22(13)10-4-2-3-9(16)6-10/h2-7,11H,17H2,1H3. The lowest BCUT2D eigenvalue weighted by Crippen LogP contribution is -2.36. The first-order chi connectivity index (χ1) is 11.5. The number of hydrogen-bond donors (Lipinski definition) is 1. The smallest absolute Gasteiger partial charge is 0.265 e. The lowest BCUT2D eigenvalue weighted by Gasteiger charge is -2.20. The summed E-state index contributed by atoms with van der Waals surface area (Å²) >= 11 is 6.04. The van der Waals surface area contributed by atoms with Crippen LogP contribution in [-0.2, 0) is 4.79 Å². The molecule has 8 nitrogen and oxygen atoms in total. The molecule has 1 aromatic carbocycles. The van der Waals surface area contributed by atoms with Crippen LogP contribution in [-0.4, -0.2) is 33.7 Å². The lowest BCUT2D eigenvalue weighted by molar-refractivity contribution is -0.118. The summed E-state index contributed by atoms with van der Waals surface area (Å²) in [6.45, 7) is 1.80. The summed E-state index contributed by atoms with van der Waals surface area (Å²) in [5, 5.41) is 10.6. The first kappa shape index (κ1) is 14.6. The van der Waals surface area contributed by atoms with Crippen LogP contribution in [0.4, 0.5) is 11.5 Å². The summed E-state index contributed by atoms with van der Waals surface area (Å²) < 4.78 is 1.34. The minimum atomic E-state index is -0.620. The molecule has 0 fully saturated rings. The molecule has 1 unspecified atom stereocenters. The molecular formula is C15H12ClN7O. The van der Waals surface area contributed by atoms with Crippen LogP contribution in [0.5, 0.6) is 0 Å². The predicted octanol–water partition coefficient (Wildman–Crippen LogP) is 1.69. The second-order valence-corrected chi connectivity index (χ2v) is 5.81. The van der Waals surface area contributed by atoms with Crippen LogP contribution in [0.2, 0.25) is 5.02 Å². The molecule has 0 aliphatic carbocycles. The van der Waals surface area contributed by atoms with Gasteiger partial charge in [-0.15, -0.1) is 0 Å². The average Bonchev–Trinajstić information content (AvgIpc) is 3.10. The van der Waals surface area contributed by atoms with E-state index in [0.717, 1.165) is 0 Å². The van der Waals surface area contributed by atoms with E-state index in [1.807, 2.05) is 6.07 Å². The maximum atomic E-state index is 12.3. The Balaban J connectivity index is 1.78. The van der Waals surface area contributed by atoms with Crippen LogP contribution >= 0.6 is 11.6 Å². The number of rotatable bonds is 1. The van der Waals surface area contributed by atoms with Crippen molar-refractivity contribution in [3.8, 4) is 0 Å². The van der Waals surface area contributed by atoms with Gasteiger partial charge in [0.25, 0.3) is 11.9 Å². The van der Waals surface area contributed by atoms with Gasteiger partial charge in [-0.25, -0.2) is 5.01 Å². The van der Waals surface area contributed by atoms with E-state index in [0.29, 0.717) is 28.1 Å². The number of nitrogens with zero attached hydrogens (tertiary/aromatic N) is 6. The maximum Gasteiger partial charge on any atom is 0.265 e. The van der Waals surface area contributed by atoms with Gasteiger partial charge in [0.15, 0.2) is 5.84 Å². The van der Waals surface area contributed by atoms with Gasteiger partial charge in [0, 0.05) is 17.3 Å². The first-order valence-corrected chi connectivity index (χ1v) is 7.54. The van der Waals surface area contributed by atoms with Crippen LogP contribution in [0.15, 0.2) is 45.4 Å². The maximum absolute atomic E-state index is 12.3. The highest BCUT2D eigenvalue weighted by atomic mass is 35.5. The van der Waals surface area contributed by atoms with Crippen molar-refractivity contribution in [2.45, 2.75) is 6.92 Å². The van der Waals surface area contributed by atoms with Crippen LogP contribution in [0.3, 0.4) is 0 Å². The van der Waals surface area contributed by atoms with Crippen LogP contribution in [0.25, 0.3) is 0 Å². The monoisotopic (exact) mass is 341 g/mol. The van der Waals surface area contributed by atoms with E-state index in [-0.39, 0.29) is 11.9 Å². The molecule has 3 heterocycles. The number of halogens is 1. The van der Waals surface area contributed by atoms with Gasteiger partial charge >= 0.3 is 0 Å². The summed E-state index contributed by atoms with van der Waals surface area (Å²) in [6, 6.07) is 8.81. The van der Waals surface area contributed by atoms with E-state index in [1.54, 1.807) is 36.2 Å². The van der Waals surface area contributed by atoms with Crippen molar-refractivity contribution in [3.63, 3.8) is 0 Å². The summed E-state index contributed by atoms with van der Waals surface area (Å²) in [5.41, 5.74) is 7.31. The number of carbonyl (C=O) groups is 1. The fourth-order valence-electron chi connectivity index (χ4n) is 2.56. The van der Waals surface area contributed by atoms with Crippen molar-refractivity contribution in [3.05, 3.63) is 41.0 Å². The van der Waals surface area contributed by atoms with Crippen molar-refractivity contribution >= 4 is 47.0 Å². The van der Waals surface area contributed by atoms with Crippen molar-refractivity contribution in [2.75, 3.05) is 10.7 Å². The topological polar surface area (TPSA) is 101 Å². The van der Waals surface area contributed by atoms with E-state index in [4.69, 9.17) is 17.3 Å². The first-order valence-electron chi connectivity index (χ1n) is 7.16. The Morgan fingerprint density at radius 1 is 1.25 bits per heavy atom. The van der Waals surface area contributed by atoms with E-state index in [2.05, 4.69) is 20.2 Å². The molecule has 0 saturated carbocycles. The minimum Gasteiger partial charge on any atom is -0.383 e. The highest BCUT2D eigenvalue weighted by Crippen LogP contribution is 2.27. The number of benzene rings is 1. The number of hydrazone groups is 1. The molecule has 120 valence electrons. The average molecular weight is 342 g/mol. The number of amides is 1. The van der Waals surface area contributed by atoms with Gasteiger partial charge < -0.3 is 5.73 Å². The van der Waals surface area contributed by atoms with Gasteiger partial charge in [-0.3, -0.25) is 4.79 Å².